The van der Waals surface area contributed by atoms with Gasteiger partial charge in [0, 0.05) is 12.8 Å². The summed E-state index contributed by atoms with van der Waals surface area (Å²) in [5.74, 6) is -0.0510. The van der Waals surface area contributed by atoms with E-state index in [1.54, 1.807) is 6.08 Å². The van der Waals surface area contributed by atoms with Gasteiger partial charge in [0.1, 0.15) is 0 Å². The van der Waals surface area contributed by atoms with E-state index in [2.05, 4.69) is 31.3 Å². The van der Waals surface area contributed by atoms with E-state index >= 15 is 0 Å². The summed E-state index contributed by atoms with van der Waals surface area (Å²) in [5.41, 5.74) is 0. The van der Waals surface area contributed by atoms with E-state index in [0.29, 0.717) is 19.4 Å². The smallest absolute Gasteiger partial charge is 0.305 e. The van der Waals surface area contributed by atoms with Crippen molar-refractivity contribution in [2.24, 2.45) is 0 Å². The predicted octanol–water partition coefficient (Wildman–Crippen LogP) is 24.1. The van der Waals surface area contributed by atoms with E-state index in [9.17, 15) is 19.8 Å². The SMILES string of the molecule is CCCCCCCC/C=C\CCCCCCCCCC(=O)OCCCCCCCCCCCCCCCCCCCCCCCCCC(=O)NC(CO)C(O)/C=C/CCCCCCCCCCCCCCCCCCCCCCCC. The van der Waals surface area contributed by atoms with Crippen LogP contribution >= 0.6 is 0 Å². The lowest BCUT2D eigenvalue weighted by molar-refractivity contribution is -0.143. The van der Waals surface area contributed by atoms with Crippen molar-refractivity contribution in [3.05, 3.63) is 24.3 Å². The molecule has 0 saturated heterocycles. The fraction of sp³-hybridized carbons (Fsp3) is 0.920. The molecule has 0 rings (SSSR count). The van der Waals surface area contributed by atoms with Crippen molar-refractivity contribution in [1.29, 1.82) is 0 Å². The number of carbonyl (C=O) groups excluding carboxylic acids is 2. The molecule has 2 atom stereocenters. The van der Waals surface area contributed by atoms with Gasteiger partial charge in [0.15, 0.2) is 0 Å². The minimum atomic E-state index is -0.846. The van der Waals surface area contributed by atoms with E-state index in [4.69, 9.17) is 4.74 Å². The number of rotatable bonds is 70. The minimum absolute atomic E-state index is 0.0117. The molecule has 3 N–H and O–H groups in total. The lowest BCUT2D eigenvalue weighted by Crippen LogP contribution is -2.45. The maximum atomic E-state index is 12.5. The van der Waals surface area contributed by atoms with Gasteiger partial charge in [0.2, 0.25) is 5.91 Å². The number of hydrogen-bond donors (Lipinski definition) is 3. The van der Waals surface area contributed by atoms with Gasteiger partial charge in [-0.3, -0.25) is 9.59 Å². The number of amides is 1. The van der Waals surface area contributed by atoms with Crippen molar-refractivity contribution in [3.8, 4) is 0 Å². The molecular weight excluding hydrogens is 995 g/mol. The number of esters is 1. The second-order valence-corrected chi connectivity index (χ2v) is 25.6. The lowest BCUT2D eigenvalue weighted by atomic mass is 10.0. The van der Waals surface area contributed by atoms with Gasteiger partial charge in [-0.25, -0.2) is 0 Å². The first kappa shape index (κ1) is 79.3. The predicted molar refractivity (Wildman–Crippen MR) is 356 cm³/mol. The molecule has 2 unspecified atom stereocenters. The van der Waals surface area contributed by atoms with Crippen LogP contribution in [0.15, 0.2) is 24.3 Å². The highest BCUT2D eigenvalue weighted by Crippen LogP contribution is 2.19. The third kappa shape index (κ3) is 67.3. The molecular formula is C75H145NO5. The first-order valence-electron chi connectivity index (χ1n) is 37.1. The molecule has 0 aromatic carbocycles. The lowest BCUT2D eigenvalue weighted by Gasteiger charge is -2.20. The fourth-order valence-electron chi connectivity index (χ4n) is 11.8. The van der Waals surface area contributed by atoms with E-state index in [-0.39, 0.29) is 18.5 Å². The molecule has 0 radical (unpaired) electrons. The number of carbonyl (C=O) groups is 2. The fourth-order valence-corrected chi connectivity index (χ4v) is 11.8. The first-order chi connectivity index (χ1) is 40.0. The molecule has 6 nitrogen and oxygen atoms in total. The zero-order valence-corrected chi connectivity index (χ0v) is 55.0. The van der Waals surface area contributed by atoms with E-state index in [1.165, 1.54) is 347 Å². The second kappa shape index (κ2) is 70.8. The highest BCUT2D eigenvalue weighted by atomic mass is 16.5. The number of aliphatic hydroxyl groups is 2. The average Bonchev–Trinajstić information content (AvgIpc) is 3.47. The zero-order valence-electron chi connectivity index (χ0n) is 55.0. The quantitative estimate of drug-likeness (QED) is 0.0320. The number of allylic oxidation sites excluding steroid dienone is 3. The van der Waals surface area contributed by atoms with E-state index in [0.717, 1.165) is 44.9 Å². The summed E-state index contributed by atoms with van der Waals surface area (Å²) in [6.45, 7) is 4.94. The van der Waals surface area contributed by atoms with Gasteiger partial charge in [-0.2, -0.15) is 0 Å². The molecule has 0 aliphatic rings. The Morgan fingerprint density at radius 3 is 0.877 bits per heavy atom. The highest BCUT2D eigenvalue weighted by molar-refractivity contribution is 5.76. The third-order valence-electron chi connectivity index (χ3n) is 17.5. The van der Waals surface area contributed by atoms with E-state index in [1.807, 2.05) is 6.08 Å². The topological polar surface area (TPSA) is 95.9 Å². The molecule has 0 spiro atoms. The van der Waals surface area contributed by atoms with Crippen molar-refractivity contribution in [2.45, 2.75) is 431 Å². The number of hydrogen-bond acceptors (Lipinski definition) is 5. The largest absolute Gasteiger partial charge is 0.466 e. The van der Waals surface area contributed by atoms with Gasteiger partial charge >= 0.3 is 5.97 Å². The standard InChI is InChI=1S/C75H145NO5/c1-3-5-7-9-11-13-15-17-19-21-22-23-24-26-29-32-36-39-43-47-51-55-59-63-67-73(78)72(71-77)76-74(79)68-64-60-56-52-48-44-40-37-33-30-27-25-28-31-34-38-42-46-50-54-58-62-66-70-81-75(80)69-65-61-57-53-49-45-41-35-20-18-16-14-12-10-8-6-4-2/h18,20,63,67,72-73,77-78H,3-17,19,21-62,64-66,68-71H2,1-2H3,(H,76,79)/b20-18-,67-63+. The first-order valence-corrected chi connectivity index (χ1v) is 37.1. The monoisotopic (exact) mass is 1140 g/mol. The summed E-state index contributed by atoms with van der Waals surface area (Å²) in [4.78, 5) is 24.6. The van der Waals surface area contributed by atoms with Crippen LogP contribution in [0.4, 0.5) is 0 Å². The van der Waals surface area contributed by atoms with Crippen LogP contribution < -0.4 is 5.32 Å². The number of aliphatic hydroxyl groups excluding tert-OH is 2. The van der Waals surface area contributed by atoms with Gasteiger partial charge < -0.3 is 20.3 Å². The van der Waals surface area contributed by atoms with Crippen LogP contribution in [0.5, 0.6) is 0 Å². The van der Waals surface area contributed by atoms with Gasteiger partial charge in [-0.15, -0.1) is 0 Å². The van der Waals surface area contributed by atoms with Crippen LogP contribution in [-0.2, 0) is 14.3 Å². The number of ether oxygens (including phenoxy) is 1. The summed E-state index contributed by atoms with van der Waals surface area (Å²) < 4.78 is 5.50. The molecule has 0 aliphatic carbocycles. The van der Waals surface area contributed by atoms with Crippen LogP contribution in [-0.4, -0.2) is 47.4 Å². The molecule has 1 amide bonds. The van der Waals surface area contributed by atoms with Crippen LogP contribution in [0, 0.1) is 0 Å². The summed E-state index contributed by atoms with van der Waals surface area (Å²) >= 11 is 0. The molecule has 0 bridgehead atoms. The van der Waals surface area contributed by atoms with Crippen LogP contribution in [0.3, 0.4) is 0 Å². The van der Waals surface area contributed by atoms with Gasteiger partial charge in [0.25, 0.3) is 0 Å². The number of unbranched alkanes of at least 4 members (excludes halogenated alkanes) is 57. The molecule has 0 saturated carbocycles. The molecule has 0 heterocycles. The van der Waals surface area contributed by atoms with Crippen LogP contribution in [0.1, 0.15) is 418 Å². The van der Waals surface area contributed by atoms with Gasteiger partial charge in [0.05, 0.1) is 25.4 Å². The maximum Gasteiger partial charge on any atom is 0.305 e. The van der Waals surface area contributed by atoms with Gasteiger partial charge in [-0.1, -0.05) is 372 Å². The average molecular weight is 1140 g/mol. The van der Waals surface area contributed by atoms with Crippen molar-refractivity contribution >= 4 is 11.9 Å². The molecule has 480 valence electrons. The summed E-state index contributed by atoms with van der Waals surface area (Å²) in [5, 5.41) is 23.3. The molecule has 0 aromatic heterocycles. The van der Waals surface area contributed by atoms with Crippen LogP contribution in [0.25, 0.3) is 0 Å². The Labute approximate surface area is 507 Å². The molecule has 0 aromatic rings. The Morgan fingerprint density at radius 1 is 0.333 bits per heavy atom. The number of nitrogens with one attached hydrogen (secondary N) is 1. The zero-order chi connectivity index (χ0) is 58.5. The normalized spacial score (nSPS) is 12.6. The van der Waals surface area contributed by atoms with Crippen molar-refractivity contribution in [2.75, 3.05) is 13.2 Å². The Morgan fingerprint density at radius 2 is 0.580 bits per heavy atom. The Hall–Kier alpha value is -1.66. The Bertz CT molecular complexity index is 1270. The molecule has 0 fully saturated rings. The highest BCUT2D eigenvalue weighted by Gasteiger charge is 2.18. The Kier molecular flexibility index (Phi) is 69.4. The molecule has 6 heteroatoms. The van der Waals surface area contributed by atoms with E-state index < -0.39 is 12.1 Å². The third-order valence-corrected chi connectivity index (χ3v) is 17.5. The second-order valence-electron chi connectivity index (χ2n) is 25.6. The van der Waals surface area contributed by atoms with Crippen LogP contribution in [0.2, 0.25) is 0 Å². The Balaban J connectivity index is 3.39. The van der Waals surface area contributed by atoms with Crippen molar-refractivity contribution in [3.63, 3.8) is 0 Å². The van der Waals surface area contributed by atoms with Crippen molar-refractivity contribution < 1.29 is 24.5 Å². The molecule has 81 heavy (non-hydrogen) atoms. The van der Waals surface area contributed by atoms with Crippen molar-refractivity contribution in [1.82, 2.24) is 5.32 Å². The van der Waals surface area contributed by atoms with Gasteiger partial charge in [-0.05, 0) is 57.8 Å². The maximum absolute atomic E-state index is 12.5. The summed E-state index contributed by atoms with van der Waals surface area (Å²) in [6.07, 6.45) is 89.8. The molecule has 0 aliphatic heterocycles. The summed E-state index contributed by atoms with van der Waals surface area (Å²) in [7, 11) is 0. The summed E-state index contributed by atoms with van der Waals surface area (Å²) in [6, 6.07) is -0.629. The minimum Gasteiger partial charge on any atom is -0.466 e.